The predicted molar refractivity (Wildman–Crippen MR) is 145 cm³/mol. The SMILES string of the molecule is COc1cccc(C2NC(CCCNC(N)=O)(C(=O)O)C3C(=O)N(C(C)(C)C)C(=O)C23)c1OCc1ccccc1. The summed E-state index contributed by atoms with van der Waals surface area (Å²) in [7, 11) is 1.50. The first kappa shape index (κ1) is 28.9. The quantitative estimate of drug-likeness (QED) is 0.258. The molecule has 2 heterocycles. The van der Waals surface area contributed by atoms with Crippen molar-refractivity contribution < 1.29 is 33.8 Å². The van der Waals surface area contributed by atoms with Crippen LogP contribution in [-0.4, -0.2) is 58.6 Å². The number of carboxylic acid groups (broad SMARTS) is 1. The predicted octanol–water partition coefficient (Wildman–Crippen LogP) is 2.59. The lowest BCUT2D eigenvalue weighted by atomic mass is 9.77. The highest BCUT2D eigenvalue weighted by molar-refractivity contribution is 6.10. The molecule has 11 heteroatoms. The van der Waals surface area contributed by atoms with E-state index in [-0.39, 0.29) is 26.0 Å². The number of likely N-dealkylation sites (tertiary alicyclic amines) is 1. The number of nitrogens with two attached hydrogens (primary N) is 1. The van der Waals surface area contributed by atoms with Crippen molar-refractivity contribution >= 4 is 23.8 Å². The number of benzene rings is 2. The van der Waals surface area contributed by atoms with Crippen LogP contribution in [0, 0.1) is 11.8 Å². The van der Waals surface area contributed by atoms with Crippen LogP contribution in [0.2, 0.25) is 0 Å². The zero-order valence-corrected chi connectivity index (χ0v) is 23.1. The molecule has 40 heavy (non-hydrogen) atoms. The Morgan fingerprint density at radius 3 is 2.40 bits per heavy atom. The number of carbonyl (C=O) groups excluding carboxylic acids is 3. The molecule has 2 aliphatic heterocycles. The molecule has 2 fully saturated rings. The molecule has 5 N–H and O–H groups in total. The minimum absolute atomic E-state index is 0.0263. The van der Waals surface area contributed by atoms with Gasteiger partial charge in [-0.1, -0.05) is 42.5 Å². The monoisotopic (exact) mass is 552 g/mol. The molecule has 4 unspecified atom stereocenters. The fourth-order valence-corrected chi connectivity index (χ4v) is 5.87. The Kier molecular flexibility index (Phi) is 8.06. The molecule has 4 amide bonds. The first-order chi connectivity index (χ1) is 18.9. The molecule has 0 aromatic heterocycles. The van der Waals surface area contributed by atoms with Crippen molar-refractivity contribution in [1.29, 1.82) is 0 Å². The molecular formula is C29H36N4O7. The second-order valence-electron chi connectivity index (χ2n) is 11.1. The van der Waals surface area contributed by atoms with Crippen LogP contribution in [0.25, 0.3) is 0 Å². The van der Waals surface area contributed by atoms with Gasteiger partial charge in [0.15, 0.2) is 11.5 Å². The molecule has 2 saturated heterocycles. The van der Waals surface area contributed by atoms with E-state index in [4.69, 9.17) is 15.2 Å². The molecule has 214 valence electrons. The second-order valence-corrected chi connectivity index (χ2v) is 11.1. The maximum atomic E-state index is 13.9. The van der Waals surface area contributed by atoms with Gasteiger partial charge in [-0.25, -0.2) is 4.79 Å². The largest absolute Gasteiger partial charge is 0.493 e. The first-order valence-electron chi connectivity index (χ1n) is 13.2. The maximum Gasteiger partial charge on any atom is 0.324 e. The maximum absolute atomic E-state index is 13.9. The summed E-state index contributed by atoms with van der Waals surface area (Å²) in [5.74, 6) is -3.66. The van der Waals surface area contributed by atoms with E-state index in [0.29, 0.717) is 17.1 Å². The molecule has 2 aromatic rings. The lowest BCUT2D eigenvalue weighted by Crippen LogP contribution is -2.57. The molecule has 2 aromatic carbocycles. The Balaban J connectivity index is 1.80. The van der Waals surface area contributed by atoms with E-state index in [0.717, 1.165) is 5.56 Å². The smallest absolute Gasteiger partial charge is 0.324 e. The Labute approximate surface area is 233 Å². The van der Waals surface area contributed by atoms with Crippen LogP contribution in [0.4, 0.5) is 4.79 Å². The standard InChI is InChI=1S/C29H36N4O7/c1-28(2,3)33-24(34)20-21(25(33)35)29(26(36)37,14-9-15-31-27(30)38)32-22(20)18-12-8-13-19(39-4)23(18)40-16-17-10-6-5-7-11-17/h5-8,10-13,20-22,32H,9,14-16H2,1-4H3,(H,36,37)(H3,30,31,38). The van der Waals surface area contributed by atoms with Gasteiger partial charge in [-0.3, -0.25) is 24.6 Å². The summed E-state index contributed by atoms with van der Waals surface area (Å²) in [6.45, 7) is 5.55. The third-order valence-electron chi connectivity index (χ3n) is 7.54. The molecule has 2 aliphatic rings. The number of para-hydroxylation sites is 1. The average molecular weight is 553 g/mol. The first-order valence-corrected chi connectivity index (χ1v) is 13.2. The Hall–Kier alpha value is -4.12. The van der Waals surface area contributed by atoms with E-state index in [1.165, 1.54) is 12.0 Å². The third-order valence-corrected chi connectivity index (χ3v) is 7.54. The summed E-state index contributed by atoms with van der Waals surface area (Å²) in [5.41, 5.74) is 3.96. The number of nitrogens with one attached hydrogen (secondary N) is 2. The molecule has 0 aliphatic carbocycles. The third kappa shape index (κ3) is 5.21. The number of rotatable bonds is 10. The van der Waals surface area contributed by atoms with Crippen LogP contribution in [0.5, 0.6) is 11.5 Å². The summed E-state index contributed by atoms with van der Waals surface area (Å²) in [4.78, 5) is 53.1. The number of hydrogen-bond acceptors (Lipinski definition) is 7. The number of fused-ring (bicyclic) bond motifs is 1. The molecule has 0 radical (unpaired) electrons. The van der Waals surface area contributed by atoms with Gasteiger partial charge in [0.1, 0.15) is 12.1 Å². The van der Waals surface area contributed by atoms with E-state index < -0.39 is 52.8 Å². The van der Waals surface area contributed by atoms with Crippen molar-refractivity contribution in [3.05, 3.63) is 59.7 Å². The van der Waals surface area contributed by atoms with Crippen LogP contribution in [0.1, 0.15) is 50.8 Å². The highest BCUT2D eigenvalue weighted by atomic mass is 16.5. The van der Waals surface area contributed by atoms with Gasteiger partial charge in [-0.05, 0) is 45.2 Å². The lowest BCUT2D eigenvalue weighted by Gasteiger charge is -2.35. The number of nitrogens with zero attached hydrogens (tertiary/aromatic N) is 1. The summed E-state index contributed by atoms with van der Waals surface area (Å²) in [6.07, 6.45) is 0.187. The molecule has 0 bridgehead atoms. The summed E-state index contributed by atoms with van der Waals surface area (Å²) in [5, 5.41) is 16.2. The minimum atomic E-state index is -1.78. The van der Waals surface area contributed by atoms with Gasteiger partial charge in [0.2, 0.25) is 11.8 Å². The van der Waals surface area contributed by atoms with Crippen LogP contribution in [0.3, 0.4) is 0 Å². The van der Waals surface area contributed by atoms with Crippen LogP contribution >= 0.6 is 0 Å². The summed E-state index contributed by atoms with van der Waals surface area (Å²) >= 11 is 0. The number of aliphatic carboxylic acids is 1. The van der Waals surface area contributed by atoms with Crippen molar-refractivity contribution in [3.63, 3.8) is 0 Å². The van der Waals surface area contributed by atoms with Gasteiger partial charge in [-0.2, -0.15) is 0 Å². The van der Waals surface area contributed by atoms with Gasteiger partial charge >= 0.3 is 12.0 Å². The molecule has 4 rings (SSSR count). The summed E-state index contributed by atoms with van der Waals surface area (Å²) in [6, 6.07) is 13.1. The Morgan fingerprint density at radius 1 is 1.10 bits per heavy atom. The highest BCUT2D eigenvalue weighted by Crippen LogP contribution is 2.54. The van der Waals surface area contributed by atoms with Gasteiger partial charge < -0.3 is 25.6 Å². The number of ether oxygens (including phenoxy) is 2. The van der Waals surface area contributed by atoms with Gasteiger partial charge in [0.05, 0.1) is 18.9 Å². The number of urea groups is 1. The van der Waals surface area contributed by atoms with Gasteiger partial charge in [-0.15, -0.1) is 0 Å². The van der Waals surface area contributed by atoms with Crippen LogP contribution in [0.15, 0.2) is 48.5 Å². The van der Waals surface area contributed by atoms with Gasteiger partial charge in [0.25, 0.3) is 0 Å². The zero-order valence-electron chi connectivity index (χ0n) is 23.1. The van der Waals surface area contributed by atoms with Crippen LogP contribution in [-0.2, 0) is 21.0 Å². The Morgan fingerprint density at radius 2 is 1.80 bits per heavy atom. The van der Waals surface area contributed by atoms with Crippen molar-refractivity contribution in [3.8, 4) is 11.5 Å². The van der Waals surface area contributed by atoms with Crippen molar-refractivity contribution in [2.75, 3.05) is 13.7 Å². The number of methoxy groups -OCH3 is 1. The second kappa shape index (κ2) is 11.2. The lowest BCUT2D eigenvalue weighted by molar-refractivity contribution is -0.154. The number of carbonyl (C=O) groups is 4. The number of carboxylic acids is 1. The molecule has 4 atom stereocenters. The van der Waals surface area contributed by atoms with Crippen molar-refractivity contribution in [2.24, 2.45) is 17.6 Å². The number of amides is 4. The topological polar surface area (TPSA) is 160 Å². The highest BCUT2D eigenvalue weighted by Gasteiger charge is 2.69. The fraction of sp³-hybridized carbons (Fsp3) is 0.448. The molecule has 0 saturated carbocycles. The van der Waals surface area contributed by atoms with Crippen LogP contribution < -0.4 is 25.8 Å². The molecule has 0 spiro atoms. The minimum Gasteiger partial charge on any atom is -0.493 e. The molecular weight excluding hydrogens is 516 g/mol. The van der Waals surface area contributed by atoms with E-state index in [2.05, 4.69) is 10.6 Å². The van der Waals surface area contributed by atoms with Crippen molar-refractivity contribution in [2.45, 2.75) is 57.3 Å². The average Bonchev–Trinajstić information content (AvgIpc) is 3.39. The zero-order chi connectivity index (χ0) is 29.2. The Bertz CT molecular complexity index is 1290. The van der Waals surface area contributed by atoms with E-state index >= 15 is 0 Å². The van der Waals surface area contributed by atoms with Gasteiger partial charge in [0, 0.05) is 23.7 Å². The fourth-order valence-electron chi connectivity index (χ4n) is 5.87. The number of primary amides is 1. The molecule has 11 nitrogen and oxygen atoms in total. The number of hydrogen-bond donors (Lipinski definition) is 4. The van der Waals surface area contributed by atoms with E-state index in [1.54, 1.807) is 39.0 Å². The summed E-state index contributed by atoms with van der Waals surface area (Å²) < 4.78 is 11.8. The normalized spacial score (nSPS) is 24.1. The number of imide groups is 1. The van der Waals surface area contributed by atoms with E-state index in [9.17, 15) is 24.3 Å². The van der Waals surface area contributed by atoms with E-state index in [1.807, 2.05) is 30.3 Å². The van der Waals surface area contributed by atoms with Crippen molar-refractivity contribution in [1.82, 2.24) is 15.5 Å².